The lowest BCUT2D eigenvalue weighted by Gasteiger charge is -2.34. The van der Waals surface area contributed by atoms with E-state index in [4.69, 9.17) is 9.84 Å². The number of benzene rings is 4. The number of aliphatic hydroxyl groups is 2. The minimum atomic E-state index is -0.859. The van der Waals surface area contributed by atoms with E-state index in [0.717, 1.165) is 127 Å². The van der Waals surface area contributed by atoms with E-state index < -0.39 is 17.2 Å². The molecule has 2 aromatic heterocycles. The molecule has 0 aliphatic heterocycles. The lowest BCUT2D eigenvalue weighted by Crippen LogP contribution is -2.29. The number of carbonyl (C=O) groups is 2. The molecule has 8 heteroatoms. The molecule has 2 aliphatic carbocycles. The highest BCUT2D eigenvalue weighted by atomic mass is 16.5. The van der Waals surface area contributed by atoms with Crippen molar-refractivity contribution in [2.75, 3.05) is 7.11 Å². The van der Waals surface area contributed by atoms with Gasteiger partial charge in [-0.15, -0.1) is 0 Å². The van der Waals surface area contributed by atoms with Crippen LogP contribution in [0.25, 0.3) is 22.3 Å². The Hall–Kier alpha value is -6.84. The minimum Gasteiger partial charge on any atom is -0.481 e. The van der Waals surface area contributed by atoms with Crippen molar-refractivity contribution >= 4 is 11.9 Å². The summed E-state index contributed by atoms with van der Waals surface area (Å²) in [6.07, 6.45) is 20.6. The summed E-state index contributed by atoms with van der Waals surface area (Å²) >= 11 is 0. The average molecular weight is 1010 g/mol. The molecule has 2 fully saturated rings. The van der Waals surface area contributed by atoms with Crippen LogP contribution in [-0.4, -0.2) is 55.5 Å². The van der Waals surface area contributed by atoms with Crippen LogP contribution < -0.4 is 0 Å². The second-order valence-electron chi connectivity index (χ2n) is 21.0. The number of hydrogen-bond donors (Lipinski definition) is 3. The molecular weight excluding hydrogens is 929 g/mol. The van der Waals surface area contributed by atoms with Crippen LogP contribution in [0.4, 0.5) is 0 Å². The number of aliphatic carboxylic acids is 1. The first-order chi connectivity index (χ1) is 36.1. The number of ether oxygens (including phenoxy) is 1. The molecule has 2 aliphatic rings. The second kappa shape index (κ2) is 25.1. The Balaban J connectivity index is 0.000000219. The zero-order valence-corrected chi connectivity index (χ0v) is 45.3. The van der Waals surface area contributed by atoms with Gasteiger partial charge in [0, 0.05) is 57.9 Å². The molecule has 0 saturated heterocycles. The molecule has 0 spiro atoms. The SMILES string of the molecule is CCC(CC)(c1ccc(-c2cncc(CC(=O)O)c2)cc1)c1ccc(C#CC2(O)CCCCC2)c(C)c1.CCC(CC)(c1ccc(-c2cncc(CC(=O)OC)c2)cc1)c1ccc(C#CC2(O)CCCCC2)c(C)c1. The molecule has 6 aromatic rings. The molecule has 2 saturated carbocycles. The van der Waals surface area contributed by atoms with Crippen LogP contribution in [0, 0.1) is 37.5 Å². The average Bonchev–Trinajstić information content (AvgIpc) is 3.42. The lowest BCUT2D eigenvalue weighted by molar-refractivity contribution is -0.140. The summed E-state index contributed by atoms with van der Waals surface area (Å²) in [5.74, 6) is 11.8. The molecule has 2 heterocycles. The fraction of sp³-hybridized carbons (Fsp3) is 0.403. The number of hydrogen-bond acceptors (Lipinski definition) is 7. The number of methoxy groups -OCH3 is 1. The fourth-order valence-electron chi connectivity index (χ4n) is 11.4. The maximum Gasteiger partial charge on any atom is 0.310 e. The zero-order valence-electron chi connectivity index (χ0n) is 45.3. The number of rotatable bonds is 14. The molecule has 8 rings (SSSR count). The lowest BCUT2D eigenvalue weighted by atomic mass is 9.70. The molecular formula is C67H76N2O6. The molecule has 0 unspecified atom stereocenters. The second-order valence-corrected chi connectivity index (χ2v) is 21.0. The van der Waals surface area contributed by atoms with Gasteiger partial charge in [-0.2, -0.15) is 0 Å². The third-order valence-electron chi connectivity index (χ3n) is 16.3. The molecule has 390 valence electrons. The summed E-state index contributed by atoms with van der Waals surface area (Å²) < 4.78 is 4.80. The summed E-state index contributed by atoms with van der Waals surface area (Å²) in [5.41, 5.74) is 12.9. The smallest absolute Gasteiger partial charge is 0.310 e. The van der Waals surface area contributed by atoms with Crippen molar-refractivity contribution in [3.05, 3.63) is 177 Å². The molecule has 0 bridgehead atoms. The highest BCUT2D eigenvalue weighted by molar-refractivity contribution is 5.74. The van der Waals surface area contributed by atoms with Gasteiger partial charge in [0.25, 0.3) is 0 Å². The number of nitrogens with zero attached hydrogens (tertiary/aromatic N) is 2. The van der Waals surface area contributed by atoms with Crippen LogP contribution in [0.2, 0.25) is 0 Å². The Labute approximate surface area is 446 Å². The van der Waals surface area contributed by atoms with Gasteiger partial charge in [0.15, 0.2) is 0 Å². The Kier molecular flexibility index (Phi) is 18.7. The molecule has 0 radical (unpaired) electrons. The number of pyridine rings is 2. The van der Waals surface area contributed by atoms with Crippen LogP contribution in [0.5, 0.6) is 0 Å². The molecule has 8 nitrogen and oxygen atoms in total. The normalized spacial score (nSPS) is 14.9. The molecule has 0 atom stereocenters. The van der Waals surface area contributed by atoms with Crippen LogP contribution in [0.3, 0.4) is 0 Å². The first-order valence-corrected chi connectivity index (χ1v) is 27.2. The van der Waals surface area contributed by atoms with E-state index >= 15 is 0 Å². The van der Waals surface area contributed by atoms with Gasteiger partial charge in [0.2, 0.25) is 0 Å². The summed E-state index contributed by atoms with van der Waals surface area (Å²) in [5, 5.41) is 30.7. The molecule has 4 aromatic carbocycles. The Bertz CT molecular complexity index is 3040. The first-order valence-electron chi connectivity index (χ1n) is 27.2. The number of carbonyl (C=O) groups excluding carboxylic acids is 1. The van der Waals surface area contributed by atoms with Gasteiger partial charge in [-0.3, -0.25) is 19.6 Å². The summed E-state index contributed by atoms with van der Waals surface area (Å²) in [6, 6.07) is 34.4. The van der Waals surface area contributed by atoms with Gasteiger partial charge < -0.3 is 20.1 Å². The number of carboxylic acid groups (broad SMARTS) is 1. The zero-order chi connectivity index (χ0) is 53.6. The maximum absolute atomic E-state index is 11.7. The van der Waals surface area contributed by atoms with E-state index in [-0.39, 0.29) is 29.6 Å². The van der Waals surface area contributed by atoms with Crippen molar-refractivity contribution in [3.8, 4) is 45.9 Å². The Morgan fingerprint density at radius 1 is 0.520 bits per heavy atom. The van der Waals surface area contributed by atoms with E-state index in [1.165, 1.54) is 42.2 Å². The highest BCUT2D eigenvalue weighted by Gasteiger charge is 2.33. The van der Waals surface area contributed by atoms with Crippen LogP contribution >= 0.6 is 0 Å². The van der Waals surface area contributed by atoms with E-state index in [2.05, 4.69) is 160 Å². The number of carboxylic acids is 1. The quantitative estimate of drug-likeness (QED) is 0.0727. The largest absolute Gasteiger partial charge is 0.481 e. The topological polar surface area (TPSA) is 130 Å². The fourth-order valence-corrected chi connectivity index (χ4v) is 11.4. The van der Waals surface area contributed by atoms with Crippen molar-refractivity contribution in [3.63, 3.8) is 0 Å². The Morgan fingerprint density at radius 2 is 0.893 bits per heavy atom. The Morgan fingerprint density at radius 3 is 1.24 bits per heavy atom. The van der Waals surface area contributed by atoms with Gasteiger partial charge in [0.1, 0.15) is 11.2 Å². The van der Waals surface area contributed by atoms with Crippen molar-refractivity contribution in [2.24, 2.45) is 0 Å². The van der Waals surface area contributed by atoms with Crippen molar-refractivity contribution in [1.29, 1.82) is 0 Å². The van der Waals surface area contributed by atoms with Crippen LogP contribution in [0.1, 0.15) is 173 Å². The van der Waals surface area contributed by atoms with Gasteiger partial charge >= 0.3 is 11.9 Å². The van der Waals surface area contributed by atoms with Crippen molar-refractivity contribution < 1.29 is 29.6 Å². The van der Waals surface area contributed by atoms with Crippen molar-refractivity contribution in [2.45, 2.75) is 166 Å². The molecule has 0 amide bonds. The van der Waals surface area contributed by atoms with Gasteiger partial charge in [-0.1, -0.05) is 137 Å². The van der Waals surface area contributed by atoms with Gasteiger partial charge in [-0.05, 0) is 171 Å². The van der Waals surface area contributed by atoms with Crippen LogP contribution in [-0.2, 0) is 38.0 Å². The summed E-state index contributed by atoms with van der Waals surface area (Å²) in [6.45, 7) is 13.2. The maximum atomic E-state index is 11.7. The monoisotopic (exact) mass is 1000 g/mol. The summed E-state index contributed by atoms with van der Waals surface area (Å²) in [7, 11) is 1.40. The van der Waals surface area contributed by atoms with E-state index in [1.54, 1.807) is 18.6 Å². The molecule has 3 N–H and O–H groups in total. The van der Waals surface area contributed by atoms with E-state index in [1.807, 2.05) is 18.3 Å². The summed E-state index contributed by atoms with van der Waals surface area (Å²) in [4.78, 5) is 31.4. The van der Waals surface area contributed by atoms with Gasteiger partial charge in [-0.25, -0.2) is 0 Å². The van der Waals surface area contributed by atoms with E-state index in [0.29, 0.717) is 5.56 Å². The third-order valence-corrected chi connectivity index (χ3v) is 16.3. The number of esters is 1. The third kappa shape index (κ3) is 13.5. The first kappa shape index (κ1) is 55.9. The van der Waals surface area contributed by atoms with Crippen LogP contribution in [0.15, 0.2) is 122 Å². The number of aromatic nitrogens is 2. The number of aryl methyl sites for hydroxylation is 2. The standard InChI is InChI=1S/C34H39NO3.C33H37NO3/c1-5-34(6-2,31-15-10-27(25(3)20-31)16-19-33(37)17-8-7-9-18-33)30-13-11-28(12-14-30)29-21-26(23-35-24-29)22-32(36)38-4;1-4-33(5-2,29-12-10-27(11-13-29)28-20-25(21-31(35)36)22-34-23-28)30-14-9-26(24(3)19-30)15-18-32(37)16-7-6-8-17-32/h10-15,20-21,23-24,37H,5-9,17-18,22H2,1-4H3;9-14,19-20,22-23,37H,4-8,16-17,21H2,1-3H3,(H,35,36). The van der Waals surface area contributed by atoms with Gasteiger partial charge in [0.05, 0.1) is 20.0 Å². The van der Waals surface area contributed by atoms with Crippen molar-refractivity contribution in [1.82, 2.24) is 9.97 Å². The predicted octanol–water partition coefficient (Wildman–Crippen LogP) is 13.8. The predicted molar refractivity (Wildman–Crippen MR) is 301 cm³/mol. The minimum absolute atomic E-state index is 0.0350. The molecule has 75 heavy (non-hydrogen) atoms. The highest BCUT2D eigenvalue weighted by Crippen LogP contribution is 2.42. The van der Waals surface area contributed by atoms with E-state index in [9.17, 15) is 19.8 Å².